The number of aromatic nitrogens is 2. The van der Waals surface area contributed by atoms with Crippen molar-refractivity contribution in [3.05, 3.63) is 81.9 Å². The molecule has 146 valence electrons. The normalized spacial score (nSPS) is 10.9. The van der Waals surface area contributed by atoms with E-state index < -0.39 is 5.91 Å². The van der Waals surface area contributed by atoms with Crippen molar-refractivity contribution in [1.29, 1.82) is 0 Å². The fourth-order valence-corrected chi connectivity index (χ4v) is 3.54. The third-order valence-corrected chi connectivity index (χ3v) is 5.09. The van der Waals surface area contributed by atoms with E-state index in [4.69, 9.17) is 5.21 Å². The molecule has 3 aromatic rings. The molecule has 1 aromatic heterocycles. The van der Waals surface area contributed by atoms with Crippen LogP contribution >= 0.6 is 0 Å². The monoisotopic (exact) mass is 381 g/mol. The topological polar surface area (TPSA) is 67.2 Å². The number of nitrogens with zero attached hydrogens (tertiary/aromatic N) is 2. The molecule has 28 heavy (non-hydrogen) atoms. The third-order valence-electron chi connectivity index (χ3n) is 5.09. The van der Waals surface area contributed by atoms with Crippen molar-refractivity contribution in [1.82, 2.24) is 15.3 Å². The number of rotatable bonds is 6. The van der Waals surface area contributed by atoms with Crippen LogP contribution in [-0.2, 0) is 24.1 Å². The molecule has 0 saturated heterocycles. The van der Waals surface area contributed by atoms with Crippen LogP contribution in [0.15, 0.2) is 42.6 Å². The molecule has 0 aliphatic heterocycles. The molecule has 0 saturated carbocycles. The van der Waals surface area contributed by atoms with Crippen LogP contribution in [0.25, 0.3) is 5.69 Å². The number of hydrogen-bond acceptors (Lipinski definition) is 3. The average Bonchev–Trinajstić information content (AvgIpc) is 3.05. The Bertz CT molecular complexity index is 991. The Kier molecular flexibility index (Phi) is 5.90. The highest BCUT2D eigenvalue weighted by Crippen LogP contribution is 2.24. The highest BCUT2D eigenvalue weighted by molar-refractivity contribution is 5.77. The Morgan fingerprint density at radius 2 is 1.75 bits per heavy atom. The molecule has 2 N–H and O–H groups in total. The van der Waals surface area contributed by atoms with Gasteiger partial charge in [0.05, 0.1) is 18.3 Å². The Labute approximate surface area is 163 Å². The molecule has 0 atom stereocenters. The molecule has 0 aliphatic carbocycles. The Hall–Kier alpha value is -2.99. The molecule has 0 aliphatic rings. The summed E-state index contributed by atoms with van der Waals surface area (Å²) in [4.78, 5) is 11.7. The van der Waals surface area contributed by atoms with Crippen LogP contribution in [-0.4, -0.2) is 20.9 Å². The maximum absolute atomic E-state index is 13.9. The van der Waals surface area contributed by atoms with Crippen LogP contribution < -0.4 is 5.48 Å². The highest BCUT2D eigenvalue weighted by atomic mass is 19.1. The van der Waals surface area contributed by atoms with Crippen LogP contribution in [0.1, 0.15) is 33.5 Å². The molecule has 1 heterocycles. The van der Waals surface area contributed by atoms with E-state index >= 15 is 0 Å². The van der Waals surface area contributed by atoms with Gasteiger partial charge in [0.15, 0.2) is 0 Å². The van der Waals surface area contributed by atoms with Crippen molar-refractivity contribution in [2.45, 2.75) is 40.0 Å². The summed E-state index contributed by atoms with van der Waals surface area (Å²) < 4.78 is 15.8. The van der Waals surface area contributed by atoms with Crippen molar-refractivity contribution in [3.63, 3.8) is 0 Å². The number of carbonyl (C=O) groups excluding carboxylic acids is 1. The minimum absolute atomic E-state index is 0.0267. The number of nitrogens with one attached hydrogen (secondary N) is 1. The number of aryl methyl sites for hydroxylation is 3. The molecule has 0 unspecified atom stereocenters. The van der Waals surface area contributed by atoms with Gasteiger partial charge >= 0.3 is 0 Å². The van der Waals surface area contributed by atoms with Crippen molar-refractivity contribution >= 4 is 5.91 Å². The van der Waals surface area contributed by atoms with Crippen molar-refractivity contribution in [2.24, 2.45) is 0 Å². The zero-order chi connectivity index (χ0) is 20.3. The van der Waals surface area contributed by atoms with Crippen LogP contribution in [0, 0.1) is 26.6 Å². The van der Waals surface area contributed by atoms with Crippen molar-refractivity contribution in [3.8, 4) is 5.69 Å². The van der Waals surface area contributed by atoms with E-state index in [-0.39, 0.29) is 12.2 Å². The van der Waals surface area contributed by atoms with Crippen molar-refractivity contribution in [2.75, 3.05) is 0 Å². The Balaban J connectivity index is 2.02. The van der Waals surface area contributed by atoms with E-state index in [1.807, 2.05) is 42.8 Å². The fourth-order valence-electron chi connectivity index (χ4n) is 3.54. The molecule has 1 amide bonds. The number of benzene rings is 2. The van der Waals surface area contributed by atoms with Gasteiger partial charge in [-0.3, -0.25) is 10.0 Å². The molecule has 3 rings (SSSR count). The zero-order valence-electron chi connectivity index (χ0n) is 16.3. The summed E-state index contributed by atoms with van der Waals surface area (Å²) in [6, 6.07) is 11.1. The summed E-state index contributed by atoms with van der Waals surface area (Å²) in [6.07, 6.45) is 2.90. The molecule has 0 bridgehead atoms. The zero-order valence-corrected chi connectivity index (χ0v) is 16.3. The lowest BCUT2D eigenvalue weighted by molar-refractivity contribution is -0.128. The maximum atomic E-state index is 13.9. The van der Waals surface area contributed by atoms with Gasteiger partial charge in [-0.1, -0.05) is 30.3 Å². The summed E-state index contributed by atoms with van der Waals surface area (Å²) in [6.45, 7) is 5.81. The molecule has 0 spiro atoms. The van der Waals surface area contributed by atoms with E-state index in [1.54, 1.807) is 24.7 Å². The first-order chi connectivity index (χ1) is 13.4. The average molecular weight is 381 g/mol. The smallest absolute Gasteiger partial charge is 0.247 e. The van der Waals surface area contributed by atoms with Gasteiger partial charge in [-0.05, 0) is 61.9 Å². The largest absolute Gasteiger partial charge is 0.289 e. The second kappa shape index (κ2) is 8.35. The molecule has 6 heteroatoms. The summed E-state index contributed by atoms with van der Waals surface area (Å²) in [7, 11) is 0. The summed E-state index contributed by atoms with van der Waals surface area (Å²) in [5.74, 6) is -0.718. The van der Waals surface area contributed by atoms with Crippen LogP contribution in [0.4, 0.5) is 4.39 Å². The van der Waals surface area contributed by atoms with E-state index in [9.17, 15) is 9.18 Å². The molecule has 0 fully saturated rings. The fraction of sp³-hybridized carbons (Fsp3) is 0.273. The SMILES string of the molecule is Cc1cccc(C)c1-n1ncc(CC(=O)NO)c1CCc1cccc(F)c1C. The minimum atomic E-state index is -0.496. The number of halogens is 1. The number of para-hydroxylation sites is 1. The second-order valence-corrected chi connectivity index (χ2v) is 7.00. The Morgan fingerprint density at radius 1 is 1.07 bits per heavy atom. The first kappa shape index (κ1) is 19.8. The van der Waals surface area contributed by atoms with Crippen LogP contribution in [0.3, 0.4) is 0 Å². The lowest BCUT2D eigenvalue weighted by Crippen LogP contribution is -2.21. The van der Waals surface area contributed by atoms with E-state index in [0.29, 0.717) is 18.4 Å². The molecule has 0 radical (unpaired) electrons. The van der Waals surface area contributed by atoms with Crippen LogP contribution in [0.5, 0.6) is 0 Å². The lowest BCUT2D eigenvalue weighted by Gasteiger charge is -2.15. The quantitative estimate of drug-likeness (QED) is 0.505. The maximum Gasteiger partial charge on any atom is 0.247 e. The van der Waals surface area contributed by atoms with Gasteiger partial charge in [-0.2, -0.15) is 5.10 Å². The van der Waals surface area contributed by atoms with Gasteiger partial charge in [0, 0.05) is 11.3 Å². The number of carbonyl (C=O) groups is 1. The number of amides is 1. The van der Waals surface area contributed by atoms with Crippen molar-refractivity contribution < 1.29 is 14.4 Å². The molecular formula is C22H24FN3O2. The minimum Gasteiger partial charge on any atom is -0.289 e. The van der Waals surface area contributed by atoms with Crippen LogP contribution in [0.2, 0.25) is 0 Å². The molecule has 5 nitrogen and oxygen atoms in total. The summed E-state index contributed by atoms with van der Waals surface area (Å²) in [5, 5.41) is 13.4. The van der Waals surface area contributed by atoms with Gasteiger partial charge in [0.1, 0.15) is 5.82 Å². The number of hydroxylamine groups is 1. The van der Waals surface area contributed by atoms with Gasteiger partial charge in [0.25, 0.3) is 0 Å². The molecular weight excluding hydrogens is 357 g/mol. The second-order valence-electron chi connectivity index (χ2n) is 7.00. The first-order valence-corrected chi connectivity index (χ1v) is 9.21. The predicted molar refractivity (Wildman–Crippen MR) is 105 cm³/mol. The highest BCUT2D eigenvalue weighted by Gasteiger charge is 2.18. The number of hydrogen-bond donors (Lipinski definition) is 2. The van der Waals surface area contributed by atoms with Gasteiger partial charge in [0.2, 0.25) is 5.91 Å². The van der Waals surface area contributed by atoms with E-state index in [1.165, 1.54) is 6.07 Å². The standard InChI is InChI=1S/C22H24FN3O2/c1-14-6-4-7-15(2)22(14)26-20(18(13-24-26)12-21(27)25-28)11-10-17-8-5-9-19(23)16(17)3/h4-9,13,28H,10-12H2,1-3H3,(H,25,27). The predicted octanol–water partition coefficient (Wildman–Crippen LogP) is 3.77. The van der Waals surface area contributed by atoms with E-state index in [2.05, 4.69) is 5.10 Å². The van der Waals surface area contributed by atoms with Gasteiger partial charge < -0.3 is 0 Å². The molecule has 2 aromatic carbocycles. The van der Waals surface area contributed by atoms with E-state index in [0.717, 1.165) is 33.6 Å². The summed E-state index contributed by atoms with van der Waals surface area (Å²) >= 11 is 0. The first-order valence-electron chi connectivity index (χ1n) is 9.21. The van der Waals surface area contributed by atoms with Gasteiger partial charge in [-0.15, -0.1) is 0 Å². The van der Waals surface area contributed by atoms with Gasteiger partial charge in [-0.25, -0.2) is 14.6 Å². The third kappa shape index (κ3) is 3.97. The summed E-state index contributed by atoms with van der Waals surface area (Å²) in [5.41, 5.74) is 7.98. The Morgan fingerprint density at radius 3 is 2.43 bits per heavy atom. The lowest BCUT2D eigenvalue weighted by atomic mass is 10.00.